The number of tetrazole rings is 1. The zero-order valence-electron chi connectivity index (χ0n) is 15.4. The lowest BCUT2D eigenvalue weighted by molar-refractivity contribution is -0.115. The molecule has 2 aromatic heterocycles. The molecule has 2 heterocycles. The summed E-state index contributed by atoms with van der Waals surface area (Å²) in [5.74, 6) is 0.513. The molecule has 0 bridgehead atoms. The maximum atomic E-state index is 12.5. The Kier molecular flexibility index (Phi) is 4.12. The number of anilines is 1. The molecule has 9 heteroatoms. The number of rotatable bonds is 5. The third-order valence-electron chi connectivity index (χ3n) is 4.92. The van der Waals surface area contributed by atoms with Crippen LogP contribution in [0.4, 0.5) is 5.69 Å². The molecule has 1 aliphatic rings. The summed E-state index contributed by atoms with van der Waals surface area (Å²) in [6, 6.07) is 14.9. The van der Waals surface area contributed by atoms with Gasteiger partial charge in [0.1, 0.15) is 0 Å². The third-order valence-corrected chi connectivity index (χ3v) is 4.92. The van der Waals surface area contributed by atoms with Crippen molar-refractivity contribution in [1.29, 1.82) is 0 Å². The van der Waals surface area contributed by atoms with Crippen LogP contribution in [0.25, 0.3) is 22.2 Å². The molecule has 29 heavy (non-hydrogen) atoms. The fourth-order valence-electron chi connectivity index (χ4n) is 3.31. The van der Waals surface area contributed by atoms with Gasteiger partial charge in [-0.15, -0.1) is 5.10 Å². The highest BCUT2D eigenvalue weighted by molar-refractivity contribution is 5.95. The van der Waals surface area contributed by atoms with E-state index in [0.29, 0.717) is 28.2 Å². The van der Waals surface area contributed by atoms with Gasteiger partial charge in [-0.2, -0.15) is 5.10 Å². The summed E-state index contributed by atoms with van der Waals surface area (Å²) in [7, 11) is 0. The molecule has 9 nitrogen and oxygen atoms in total. The molecule has 0 aliphatic heterocycles. The van der Waals surface area contributed by atoms with Crippen LogP contribution in [0.15, 0.2) is 53.3 Å². The number of nitrogens with zero attached hydrogens (tertiary/aromatic N) is 5. The third kappa shape index (κ3) is 3.38. The number of H-pyrrole nitrogens is 1. The minimum Gasteiger partial charge on any atom is -0.326 e. The molecule has 4 aromatic rings. The first-order chi connectivity index (χ1) is 14.2. The van der Waals surface area contributed by atoms with Crippen LogP contribution < -0.4 is 10.9 Å². The molecule has 5 rings (SSSR count). The Bertz CT molecular complexity index is 1260. The smallest absolute Gasteiger partial charge is 0.272 e. The van der Waals surface area contributed by atoms with Crippen molar-refractivity contribution in [3.05, 3.63) is 64.6 Å². The summed E-state index contributed by atoms with van der Waals surface area (Å²) in [6.45, 7) is 0. The van der Waals surface area contributed by atoms with E-state index < -0.39 is 0 Å². The molecule has 2 N–H and O–H groups in total. The molecule has 1 aliphatic carbocycles. The van der Waals surface area contributed by atoms with Crippen molar-refractivity contribution in [2.75, 3.05) is 5.32 Å². The van der Waals surface area contributed by atoms with Gasteiger partial charge in [0, 0.05) is 16.6 Å². The van der Waals surface area contributed by atoms with E-state index in [1.54, 1.807) is 18.2 Å². The van der Waals surface area contributed by atoms with E-state index in [4.69, 9.17) is 0 Å². The van der Waals surface area contributed by atoms with Gasteiger partial charge >= 0.3 is 0 Å². The first kappa shape index (κ1) is 17.2. The maximum absolute atomic E-state index is 12.5. The molecule has 0 saturated heterocycles. The van der Waals surface area contributed by atoms with Crippen molar-refractivity contribution < 1.29 is 4.79 Å². The fraction of sp³-hybridized carbons (Fsp3) is 0.200. The number of hydrogen-bond donors (Lipinski definition) is 2. The first-order valence-corrected chi connectivity index (χ1v) is 9.33. The van der Waals surface area contributed by atoms with Gasteiger partial charge in [0.2, 0.25) is 5.91 Å². The van der Waals surface area contributed by atoms with Gasteiger partial charge in [0.15, 0.2) is 5.82 Å². The lowest BCUT2D eigenvalue weighted by Gasteiger charge is -2.08. The lowest BCUT2D eigenvalue weighted by Crippen LogP contribution is -2.18. The van der Waals surface area contributed by atoms with Gasteiger partial charge in [-0.3, -0.25) is 9.59 Å². The van der Waals surface area contributed by atoms with Crippen LogP contribution in [-0.4, -0.2) is 36.3 Å². The van der Waals surface area contributed by atoms with E-state index in [0.717, 1.165) is 24.2 Å². The molecular formula is C20H17N7O2. The van der Waals surface area contributed by atoms with Crippen molar-refractivity contribution in [2.24, 2.45) is 0 Å². The predicted octanol–water partition coefficient (Wildman–Crippen LogP) is 2.09. The molecule has 1 fully saturated rings. The van der Waals surface area contributed by atoms with Crippen LogP contribution >= 0.6 is 0 Å². The van der Waals surface area contributed by atoms with Crippen molar-refractivity contribution in [1.82, 2.24) is 30.4 Å². The first-order valence-electron chi connectivity index (χ1n) is 9.33. The van der Waals surface area contributed by atoms with Gasteiger partial charge in [-0.25, -0.2) is 9.78 Å². The summed E-state index contributed by atoms with van der Waals surface area (Å²) in [5, 5.41) is 22.5. The number of fused-ring (bicyclic) bond motifs is 1. The Labute approximate surface area is 164 Å². The van der Waals surface area contributed by atoms with Gasteiger partial charge in [-0.05, 0) is 53.6 Å². The van der Waals surface area contributed by atoms with E-state index in [1.165, 1.54) is 0 Å². The minimum atomic E-state index is -0.270. The van der Waals surface area contributed by atoms with E-state index >= 15 is 0 Å². The number of amides is 1. The average molecular weight is 387 g/mol. The van der Waals surface area contributed by atoms with E-state index in [1.807, 2.05) is 35.0 Å². The second-order valence-electron chi connectivity index (χ2n) is 7.03. The summed E-state index contributed by atoms with van der Waals surface area (Å²) in [4.78, 5) is 24.4. The Morgan fingerprint density at radius 3 is 2.62 bits per heavy atom. The minimum absolute atomic E-state index is 0.0545. The molecule has 1 saturated carbocycles. The molecular weight excluding hydrogens is 370 g/mol. The summed E-state index contributed by atoms with van der Waals surface area (Å²) in [5.41, 5.74) is 1.82. The predicted molar refractivity (Wildman–Crippen MR) is 106 cm³/mol. The van der Waals surface area contributed by atoms with Crippen molar-refractivity contribution in [3.63, 3.8) is 0 Å². The van der Waals surface area contributed by atoms with Crippen molar-refractivity contribution in [2.45, 2.75) is 25.3 Å². The quantitative estimate of drug-likeness (QED) is 0.541. The topological polar surface area (TPSA) is 118 Å². The number of nitrogens with one attached hydrogen (secondary N) is 2. The number of benzene rings is 2. The normalized spacial score (nSPS) is 13.5. The molecule has 2 aromatic carbocycles. The standard InChI is InChI=1S/C20H17N7O2/c28-18(11-17-15-3-1-2-4-16(15)20(29)24-22-17)21-13-7-5-12(6-8-13)19-23-25-26-27(19)14-9-10-14/h1-8,14H,9-11H2,(H,21,28)(H,24,29). The lowest BCUT2D eigenvalue weighted by atomic mass is 10.1. The van der Waals surface area contributed by atoms with Crippen LogP contribution in [0.3, 0.4) is 0 Å². The van der Waals surface area contributed by atoms with Crippen LogP contribution in [0.1, 0.15) is 24.6 Å². The highest BCUT2D eigenvalue weighted by Crippen LogP contribution is 2.36. The highest BCUT2D eigenvalue weighted by atomic mass is 16.1. The second-order valence-corrected chi connectivity index (χ2v) is 7.03. The van der Waals surface area contributed by atoms with Gasteiger partial charge in [0.25, 0.3) is 5.56 Å². The number of aromatic amines is 1. The SMILES string of the molecule is O=C(Cc1n[nH]c(=O)c2ccccc12)Nc1ccc(-c2nnnn2C2CC2)cc1. The number of carbonyl (C=O) groups excluding carboxylic acids is 1. The van der Waals surface area contributed by atoms with Crippen LogP contribution in [0.5, 0.6) is 0 Å². The molecule has 0 unspecified atom stereocenters. The van der Waals surface area contributed by atoms with E-state index in [-0.39, 0.29) is 17.9 Å². The fourth-order valence-corrected chi connectivity index (χ4v) is 3.31. The highest BCUT2D eigenvalue weighted by Gasteiger charge is 2.28. The monoisotopic (exact) mass is 387 g/mol. The van der Waals surface area contributed by atoms with E-state index in [2.05, 4.69) is 31.0 Å². The maximum Gasteiger partial charge on any atom is 0.272 e. The van der Waals surface area contributed by atoms with Gasteiger partial charge in [-0.1, -0.05) is 18.2 Å². The van der Waals surface area contributed by atoms with Gasteiger partial charge in [0.05, 0.1) is 23.5 Å². The summed E-state index contributed by atoms with van der Waals surface area (Å²) in [6.07, 6.45) is 2.25. The molecule has 144 valence electrons. The van der Waals surface area contributed by atoms with E-state index in [9.17, 15) is 9.59 Å². The Morgan fingerprint density at radius 2 is 1.86 bits per heavy atom. The Balaban J connectivity index is 1.32. The zero-order valence-corrected chi connectivity index (χ0v) is 15.4. The van der Waals surface area contributed by atoms with Crippen LogP contribution in [0, 0.1) is 0 Å². The summed E-state index contributed by atoms with van der Waals surface area (Å²) < 4.78 is 1.85. The Morgan fingerprint density at radius 1 is 1.10 bits per heavy atom. The number of hydrogen-bond acceptors (Lipinski definition) is 6. The molecule has 0 spiro atoms. The number of carbonyl (C=O) groups is 1. The largest absolute Gasteiger partial charge is 0.326 e. The van der Waals surface area contributed by atoms with Crippen LogP contribution in [0.2, 0.25) is 0 Å². The van der Waals surface area contributed by atoms with Gasteiger partial charge < -0.3 is 5.32 Å². The second kappa shape index (κ2) is 6.93. The molecule has 0 radical (unpaired) electrons. The zero-order chi connectivity index (χ0) is 19.8. The molecule has 0 atom stereocenters. The number of aromatic nitrogens is 6. The van der Waals surface area contributed by atoms with Crippen molar-refractivity contribution in [3.8, 4) is 11.4 Å². The summed E-state index contributed by atoms with van der Waals surface area (Å²) >= 11 is 0. The van der Waals surface area contributed by atoms with Crippen LogP contribution in [-0.2, 0) is 11.2 Å². The molecule has 1 amide bonds. The van der Waals surface area contributed by atoms with Crippen molar-refractivity contribution >= 4 is 22.4 Å². The Hall–Kier alpha value is -3.88. The average Bonchev–Trinajstić information content (AvgIpc) is 3.47.